The lowest BCUT2D eigenvalue weighted by Gasteiger charge is -2.20. The van der Waals surface area contributed by atoms with E-state index in [9.17, 15) is 9.90 Å². The van der Waals surface area contributed by atoms with Crippen LogP contribution in [0.15, 0.2) is 18.2 Å². The second-order valence-electron chi connectivity index (χ2n) is 7.11. The minimum atomic E-state index is -0.468. The van der Waals surface area contributed by atoms with E-state index >= 15 is 0 Å². The average molecular weight is 455 g/mol. The molecule has 0 aliphatic carbocycles. The van der Waals surface area contributed by atoms with Gasteiger partial charge in [0.25, 0.3) is 0 Å². The van der Waals surface area contributed by atoms with Crippen LogP contribution in [0.2, 0.25) is 10.0 Å². The van der Waals surface area contributed by atoms with Crippen LogP contribution < -0.4 is 18.9 Å². The first kappa shape index (κ1) is 20.8. The molecule has 4 rings (SSSR count). The van der Waals surface area contributed by atoms with Gasteiger partial charge in [0.2, 0.25) is 12.5 Å². The number of ether oxygens (including phenoxy) is 5. The first-order valence-corrected chi connectivity index (χ1v) is 10.1. The van der Waals surface area contributed by atoms with Crippen molar-refractivity contribution in [3.8, 4) is 28.7 Å². The molecule has 1 N–H and O–H groups in total. The van der Waals surface area contributed by atoms with Gasteiger partial charge in [-0.3, -0.25) is 4.79 Å². The van der Waals surface area contributed by atoms with Gasteiger partial charge in [0, 0.05) is 5.92 Å². The predicted octanol–water partition coefficient (Wildman–Crippen LogP) is 4.02. The number of halogens is 2. The lowest BCUT2D eigenvalue weighted by molar-refractivity contribution is -0.141. The standard InChI is InChI=1S/C21H20Cl2O7/c1-26-19-16(22)13(17(23)20(27-2)18(19)24)7-12-11(8-28-21(12)25)5-10-3-4-14-15(6-10)30-9-29-14/h3-4,6,11-12,24H,5,7-9H2,1-2H3/t11-,12+/m0/s1. The number of hydrogen-bond donors (Lipinski definition) is 1. The summed E-state index contributed by atoms with van der Waals surface area (Å²) in [6.45, 7) is 0.494. The van der Waals surface area contributed by atoms with Crippen molar-refractivity contribution in [3.63, 3.8) is 0 Å². The quantitative estimate of drug-likeness (QED) is 0.659. The number of hydrogen-bond acceptors (Lipinski definition) is 7. The highest BCUT2D eigenvalue weighted by Gasteiger charge is 2.39. The number of carbonyl (C=O) groups excluding carboxylic acids is 1. The topological polar surface area (TPSA) is 83.5 Å². The number of phenolic OH excluding ortho intramolecular Hbond substituents is 1. The van der Waals surface area contributed by atoms with E-state index in [0.29, 0.717) is 30.1 Å². The summed E-state index contributed by atoms with van der Waals surface area (Å²) < 4.78 is 26.5. The van der Waals surface area contributed by atoms with Crippen molar-refractivity contribution in [3.05, 3.63) is 39.4 Å². The summed E-state index contributed by atoms with van der Waals surface area (Å²) >= 11 is 12.9. The molecule has 0 unspecified atom stereocenters. The zero-order valence-corrected chi connectivity index (χ0v) is 17.9. The Bertz CT molecular complexity index is 961. The average Bonchev–Trinajstić information content (AvgIpc) is 3.32. The number of cyclic esters (lactones) is 1. The molecule has 1 saturated heterocycles. The summed E-state index contributed by atoms with van der Waals surface area (Å²) in [6.07, 6.45) is 0.827. The summed E-state index contributed by atoms with van der Waals surface area (Å²) in [4.78, 5) is 12.5. The Balaban J connectivity index is 1.62. The van der Waals surface area contributed by atoms with E-state index in [1.54, 1.807) is 0 Å². The van der Waals surface area contributed by atoms with Crippen LogP contribution in [0.25, 0.3) is 0 Å². The lowest BCUT2D eigenvalue weighted by Crippen LogP contribution is -2.21. The molecule has 2 aromatic carbocycles. The van der Waals surface area contributed by atoms with Crippen molar-refractivity contribution in [2.24, 2.45) is 11.8 Å². The second-order valence-corrected chi connectivity index (χ2v) is 7.87. The SMILES string of the molecule is COc1c(O)c(OC)c(Cl)c(C[C@H]2C(=O)OC[C@@H]2Cc2ccc3c(c2)OCO3)c1Cl. The van der Waals surface area contributed by atoms with E-state index in [0.717, 1.165) is 5.56 Å². The van der Waals surface area contributed by atoms with E-state index in [1.807, 2.05) is 18.2 Å². The molecule has 1 fully saturated rings. The summed E-state index contributed by atoms with van der Waals surface area (Å²) in [5, 5.41) is 10.6. The van der Waals surface area contributed by atoms with Gasteiger partial charge in [0.1, 0.15) is 0 Å². The summed E-state index contributed by atoms with van der Waals surface area (Å²) in [7, 11) is 2.76. The van der Waals surface area contributed by atoms with Gasteiger partial charge >= 0.3 is 5.97 Å². The fourth-order valence-corrected chi connectivity index (χ4v) is 4.60. The highest BCUT2D eigenvalue weighted by Crippen LogP contribution is 2.50. The van der Waals surface area contributed by atoms with Crippen molar-refractivity contribution in [1.29, 1.82) is 0 Å². The van der Waals surface area contributed by atoms with Gasteiger partial charge in [-0.15, -0.1) is 0 Å². The molecule has 2 aromatic rings. The van der Waals surface area contributed by atoms with Gasteiger partial charge in [-0.1, -0.05) is 29.3 Å². The molecule has 0 bridgehead atoms. The molecule has 2 atom stereocenters. The normalized spacial score (nSPS) is 19.7. The van der Waals surface area contributed by atoms with Crippen LogP contribution in [-0.4, -0.2) is 38.7 Å². The fourth-order valence-electron chi connectivity index (χ4n) is 3.88. The third kappa shape index (κ3) is 3.56. The van der Waals surface area contributed by atoms with E-state index in [-0.39, 0.29) is 52.4 Å². The Kier molecular flexibility index (Phi) is 5.75. The van der Waals surface area contributed by atoms with Gasteiger partial charge in [0.05, 0.1) is 36.8 Å². The molecular weight excluding hydrogens is 435 g/mol. The maximum atomic E-state index is 12.5. The highest BCUT2D eigenvalue weighted by molar-refractivity contribution is 6.38. The van der Waals surface area contributed by atoms with Crippen LogP contribution in [0.1, 0.15) is 11.1 Å². The van der Waals surface area contributed by atoms with E-state index in [4.69, 9.17) is 46.9 Å². The van der Waals surface area contributed by atoms with Gasteiger partial charge in [-0.05, 0) is 36.1 Å². The minimum Gasteiger partial charge on any atom is -0.502 e. The van der Waals surface area contributed by atoms with E-state index in [2.05, 4.69) is 0 Å². The van der Waals surface area contributed by atoms with Crippen molar-refractivity contribution in [2.75, 3.05) is 27.6 Å². The van der Waals surface area contributed by atoms with Crippen LogP contribution in [0.5, 0.6) is 28.7 Å². The number of aromatic hydroxyl groups is 1. The van der Waals surface area contributed by atoms with Crippen molar-refractivity contribution in [2.45, 2.75) is 12.8 Å². The Morgan fingerprint density at radius 1 is 1.03 bits per heavy atom. The number of esters is 1. The van der Waals surface area contributed by atoms with Crippen LogP contribution in [0, 0.1) is 11.8 Å². The van der Waals surface area contributed by atoms with Crippen LogP contribution >= 0.6 is 23.2 Å². The molecule has 160 valence electrons. The van der Waals surface area contributed by atoms with Crippen LogP contribution in [0.3, 0.4) is 0 Å². The number of phenols is 1. The fraction of sp³-hybridized carbons (Fsp3) is 0.381. The molecular formula is C21H20Cl2O7. The zero-order chi connectivity index (χ0) is 21.4. The van der Waals surface area contributed by atoms with Crippen LogP contribution in [0.4, 0.5) is 0 Å². The Hall–Kier alpha value is -2.51. The molecule has 2 aliphatic heterocycles. The second kappa shape index (κ2) is 8.32. The van der Waals surface area contributed by atoms with E-state index in [1.165, 1.54) is 14.2 Å². The van der Waals surface area contributed by atoms with E-state index < -0.39 is 5.92 Å². The van der Waals surface area contributed by atoms with Gasteiger partial charge in [-0.25, -0.2) is 0 Å². The third-order valence-electron chi connectivity index (χ3n) is 5.44. The van der Waals surface area contributed by atoms with Gasteiger partial charge < -0.3 is 28.8 Å². The molecule has 2 aliphatic rings. The Morgan fingerprint density at radius 3 is 2.37 bits per heavy atom. The highest BCUT2D eigenvalue weighted by atomic mass is 35.5. The van der Waals surface area contributed by atoms with Gasteiger partial charge in [-0.2, -0.15) is 0 Å². The smallest absolute Gasteiger partial charge is 0.309 e. The number of fused-ring (bicyclic) bond motifs is 1. The van der Waals surface area contributed by atoms with Crippen molar-refractivity contribution < 1.29 is 33.6 Å². The molecule has 7 nitrogen and oxygen atoms in total. The van der Waals surface area contributed by atoms with Gasteiger partial charge in [0.15, 0.2) is 23.0 Å². The van der Waals surface area contributed by atoms with Crippen molar-refractivity contribution >= 4 is 29.2 Å². The summed E-state index contributed by atoms with van der Waals surface area (Å²) in [6, 6.07) is 5.71. The molecule has 30 heavy (non-hydrogen) atoms. The Morgan fingerprint density at radius 2 is 1.70 bits per heavy atom. The lowest BCUT2D eigenvalue weighted by atomic mass is 9.84. The maximum absolute atomic E-state index is 12.5. The zero-order valence-electron chi connectivity index (χ0n) is 16.4. The largest absolute Gasteiger partial charge is 0.502 e. The molecule has 0 radical (unpaired) electrons. The number of benzene rings is 2. The number of carbonyl (C=O) groups is 1. The molecule has 0 saturated carbocycles. The van der Waals surface area contributed by atoms with Crippen LogP contribution in [-0.2, 0) is 22.4 Å². The molecule has 0 spiro atoms. The number of methoxy groups -OCH3 is 2. The Labute approximate surface area is 183 Å². The van der Waals surface area contributed by atoms with Crippen molar-refractivity contribution in [1.82, 2.24) is 0 Å². The summed E-state index contributed by atoms with van der Waals surface area (Å²) in [5.41, 5.74) is 1.47. The predicted molar refractivity (Wildman–Crippen MR) is 109 cm³/mol. The maximum Gasteiger partial charge on any atom is 0.309 e. The third-order valence-corrected chi connectivity index (χ3v) is 6.24. The first-order chi connectivity index (χ1) is 14.4. The first-order valence-electron chi connectivity index (χ1n) is 9.30. The monoisotopic (exact) mass is 454 g/mol. The molecule has 0 amide bonds. The minimum absolute atomic E-state index is 0.0478. The molecule has 0 aromatic heterocycles. The number of rotatable bonds is 6. The molecule has 9 heteroatoms. The molecule has 2 heterocycles. The summed E-state index contributed by atoms with van der Waals surface area (Å²) in [5.74, 6) is 0.325.